The second-order valence-corrected chi connectivity index (χ2v) is 6.88. The molecule has 2 aromatic carbocycles. The molecule has 29 heavy (non-hydrogen) atoms. The molecule has 3 aromatic rings. The van der Waals surface area contributed by atoms with Crippen LogP contribution < -0.4 is 0 Å². The topological polar surface area (TPSA) is 80.2 Å². The Morgan fingerprint density at radius 3 is 2.31 bits per heavy atom. The number of H-pyrrole nitrogens is 1. The van der Waals surface area contributed by atoms with Crippen molar-refractivity contribution in [1.82, 2.24) is 14.8 Å². The monoisotopic (exact) mass is 384 g/mol. The van der Waals surface area contributed by atoms with Crippen LogP contribution in [-0.4, -0.2) is 52.7 Å². The molecule has 0 radical (unpaired) electrons. The minimum absolute atomic E-state index is 0.405. The number of carbonyl (C=O) groups excluding carboxylic acids is 2. The van der Waals surface area contributed by atoms with Gasteiger partial charge in [0.15, 0.2) is 0 Å². The summed E-state index contributed by atoms with van der Waals surface area (Å²) in [5.41, 5.74) is 3.04. The SMILES string of the molecule is N#C/C=C(/c1ccccc1)N1CCN(C(=O)C(=O)c2c[nH]c3ccccc23)CC1. The zero-order chi connectivity index (χ0) is 20.2. The van der Waals surface area contributed by atoms with Gasteiger partial charge in [-0.3, -0.25) is 9.59 Å². The molecule has 0 saturated carbocycles. The zero-order valence-corrected chi connectivity index (χ0v) is 15.8. The van der Waals surface area contributed by atoms with Crippen LogP contribution in [0.1, 0.15) is 15.9 Å². The molecule has 0 aliphatic carbocycles. The number of allylic oxidation sites excluding steroid dienone is 1. The molecule has 1 aromatic heterocycles. The summed E-state index contributed by atoms with van der Waals surface area (Å²) in [6.07, 6.45) is 3.13. The first-order valence-corrected chi connectivity index (χ1v) is 9.49. The van der Waals surface area contributed by atoms with Gasteiger partial charge in [-0.25, -0.2) is 0 Å². The lowest BCUT2D eigenvalue weighted by atomic mass is 10.1. The van der Waals surface area contributed by atoms with Gasteiger partial charge in [0.25, 0.3) is 11.7 Å². The van der Waals surface area contributed by atoms with Gasteiger partial charge in [0.05, 0.1) is 17.3 Å². The minimum Gasteiger partial charge on any atom is -0.367 e. The van der Waals surface area contributed by atoms with Gasteiger partial charge in [0.2, 0.25) is 0 Å². The molecule has 1 fully saturated rings. The van der Waals surface area contributed by atoms with E-state index in [2.05, 4.69) is 16.0 Å². The molecule has 6 heteroatoms. The number of piperazine rings is 1. The minimum atomic E-state index is -0.494. The number of ketones is 1. The van der Waals surface area contributed by atoms with Gasteiger partial charge in [0.1, 0.15) is 0 Å². The number of aromatic amines is 1. The van der Waals surface area contributed by atoms with Crippen LogP contribution in [0.25, 0.3) is 16.6 Å². The van der Waals surface area contributed by atoms with Crippen molar-refractivity contribution in [1.29, 1.82) is 5.26 Å². The summed E-state index contributed by atoms with van der Waals surface area (Å²) < 4.78 is 0. The van der Waals surface area contributed by atoms with Crippen LogP contribution in [0.5, 0.6) is 0 Å². The highest BCUT2D eigenvalue weighted by Crippen LogP contribution is 2.22. The van der Waals surface area contributed by atoms with Crippen LogP contribution in [-0.2, 0) is 4.79 Å². The van der Waals surface area contributed by atoms with E-state index in [1.165, 1.54) is 6.08 Å². The first-order chi connectivity index (χ1) is 14.2. The lowest BCUT2D eigenvalue weighted by Crippen LogP contribution is -2.49. The number of carbonyl (C=O) groups is 2. The third kappa shape index (κ3) is 3.63. The van der Waals surface area contributed by atoms with Gasteiger partial charge in [-0.2, -0.15) is 5.26 Å². The molecule has 1 aliphatic heterocycles. The molecule has 1 amide bonds. The average molecular weight is 384 g/mol. The van der Waals surface area contributed by atoms with E-state index in [9.17, 15) is 9.59 Å². The largest absolute Gasteiger partial charge is 0.367 e. The highest BCUT2D eigenvalue weighted by molar-refractivity contribution is 6.44. The molecule has 0 unspecified atom stereocenters. The molecule has 144 valence electrons. The lowest BCUT2D eigenvalue weighted by Gasteiger charge is -2.37. The summed E-state index contributed by atoms with van der Waals surface area (Å²) in [4.78, 5) is 32.3. The fraction of sp³-hybridized carbons (Fsp3) is 0.174. The van der Waals surface area contributed by atoms with E-state index in [4.69, 9.17) is 5.26 Å². The number of benzene rings is 2. The number of Topliss-reactive ketones (excluding diaryl/α,β-unsaturated/α-hetero) is 1. The van der Waals surface area contributed by atoms with Gasteiger partial charge in [-0.1, -0.05) is 48.5 Å². The Labute approximate surface area is 168 Å². The molecule has 1 aliphatic rings. The molecule has 1 saturated heterocycles. The van der Waals surface area contributed by atoms with Crippen molar-refractivity contribution >= 4 is 28.3 Å². The van der Waals surface area contributed by atoms with Crippen molar-refractivity contribution in [3.8, 4) is 6.07 Å². The van der Waals surface area contributed by atoms with Crippen molar-refractivity contribution in [2.75, 3.05) is 26.2 Å². The summed E-state index contributed by atoms with van der Waals surface area (Å²) in [5.74, 6) is -0.980. The standard InChI is InChI=1S/C23H20N4O2/c24-11-10-21(17-6-2-1-3-7-17)26-12-14-27(15-13-26)23(29)22(28)19-16-25-20-9-5-4-8-18(19)20/h1-10,16,25H,12-15H2/b21-10-. The number of nitrogens with zero attached hydrogens (tertiary/aromatic N) is 3. The van der Waals surface area contributed by atoms with Crippen molar-refractivity contribution in [2.24, 2.45) is 0 Å². The average Bonchev–Trinajstić information content (AvgIpc) is 3.21. The smallest absolute Gasteiger partial charge is 0.295 e. The summed E-state index contributed by atoms with van der Waals surface area (Å²) in [5, 5.41) is 9.93. The molecular weight excluding hydrogens is 364 g/mol. The number of amides is 1. The van der Waals surface area contributed by atoms with Crippen molar-refractivity contribution in [2.45, 2.75) is 0 Å². The third-order valence-corrected chi connectivity index (χ3v) is 5.21. The van der Waals surface area contributed by atoms with Crippen molar-refractivity contribution in [3.05, 3.63) is 78.0 Å². The summed E-state index contributed by atoms with van der Waals surface area (Å²) >= 11 is 0. The number of nitriles is 1. The van der Waals surface area contributed by atoms with Crippen LogP contribution >= 0.6 is 0 Å². The molecule has 0 spiro atoms. The van der Waals surface area contributed by atoms with Gasteiger partial charge < -0.3 is 14.8 Å². The van der Waals surface area contributed by atoms with Crippen LogP contribution in [0.4, 0.5) is 0 Å². The van der Waals surface area contributed by atoms with Crippen molar-refractivity contribution in [3.63, 3.8) is 0 Å². The Bertz CT molecular complexity index is 1120. The zero-order valence-electron chi connectivity index (χ0n) is 15.8. The van der Waals surface area contributed by atoms with Gasteiger partial charge in [-0.05, 0) is 11.6 Å². The molecule has 4 rings (SSSR count). The number of nitrogens with one attached hydrogen (secondary N) is 1. The second-order valence-electron chi connectivity index (χ2n) is 6.88. The molecule has 0 atom stereocenters. The van der Waals surface area contributed by atoms with E-state index in [1.54, 1.807) is 11.1 Å². The summed E-state index contributed by atoms with van der Waals surface area (Å²) in [6.45, 7) is 2.00. The third-order valence-electron chi connectivity index (χ3n) is 5.21. The van der Waals surface area contributed by atoms with E-state index in [0.29, 0.717) is 31.7 Å². The van der Waals surface area contributed by atoms with Gasteiger partial charge >= 0.3 is 0 Å². The molecule has 2 heterocycles. The number of para-hydroxylation sites is 1. The molecule has 1 N–H and O–H groups in total. The maximum atomic E-state index is 12.8. The number of hydrogen-bond acceptors (Lipinski definition) is 4. The van der Waals surface area contributed by atoms with Crippen LogP contribution in [0.2, 0.25) is 0 Å². The Hall–Kier alpha value is -3.85. The Morgan fingerprint density at radius 1 is 0.931 bits per heavy atom. The highest BCUT2D eigenvalue weighted by Gasteiger charge is 2.29. The van der Waals surface area contributed by atoms with Gasteiger partial charge in [0, 0.05) is 49.4 Å². The maximum absolute atomic E-state index is 12.8. The van der Waals surface area contributed by atoms with Crippen LogP contribution in [0, 0.1) is 11.3 Å². The first kappa shape index (κ1) is 18.5. The normalized spacial score (nSPS) is 14.7. The number of fused-ring (bicyclic) bond motifs is 1. The second kappa shape index (κ2) is 8.03. The number of aromatic nitrogens is 1. The fourth-order valence-electron chi connectivity index (χ4n) is 3.70. The van der Waals surface area contributed by atoms with E-state index in [1.807, 2.05) is 54.6 Å². The van der Waals surface area contributed by atoms with Crippen LogP contribution in [0.15, 0.2) is 66.9 Å². The highest BCUT2D eigenvalue weighted by atomic mass is 16.2. The molecule has 0 bridgehead atoms. The van der Waals surface area contributed by atoms with E-state index in [-0.39, 0.29) is 0 Å². The first-order valence-electron chi connectivity index (χ1n) is 9.49. The van der Waals surface area contributed by atoms with Crippen molar-refractivity contribution < 1.29 is 9.59 Å². The molecule has 6 nitrogen and oxygen atoms in total. The lowest BCUT2D eigenvalue weighted by molar-refractivity contribution is -0.127. The van der Waals surface area contributed by atoms with Crippen LogP contribution in [0.3, 0.4) is 0 Å². The van der Waals surface area contributed by atoms with E-state index < -0.39 is 11.7 Å². The Balaban J connectivity index is 1.46. The number of rotatable bonds is 4. The van der Waals surface area contributed by atoms with Gasteiger partial charge in [-0.15, -0.1) is 0 Å². The Kier molecular flexibility index (Phi) is 5.12. The quantitative estimate of drug-likeness (QED) is 0.426. The summed E-state index contributed by atoms with van der Waals surface area (Å²) in [6, 6.07) is 19.3. The predicted octanol–water partition coefficient (Wildman–Crippen LogP) is 3.06. The predicted molar refractivity (Wildman–Crippen MR) is 111 cm³/mol. The molecular formula is C23H20N4O2. The summed E-state index contributed by atoms with van der Waals surface area (Å²) in [7, 11) is 0. The Morgan fingerprint density at radius 2 is 1.59 bits per heavy atom. The van der Waals surface area contributed by atoms with E-state index >= 15 is 0 Å². The van der Waals surface area contributed by atoms with E-state index in [0.717, 1.165) is 22.2 Å². The maximum Gasteiger partial charge on any atom is 0.295 e. The number of hydrogen-bond donors (Lipinski definition) is 1. The fourth-order valence-corrected chi connectivity index (χ4v) is 3.70.